The number of ether oxygens (including phenoxy) is 3. The van der Waals surface area contributed by atoms with Crippen molar-refractivity contribution < 1.29 is 47.9 Å². The highest BCUT2D eigenvalue weighted by Crippen LogP contribution is 2.51. The third-order valence-electron chi connectivity index (χ3n) is 8.58. The number of carbonyl (C=O) groups is 2. The van der Waals surface area contributed by atoms with Crippen LogP contribution in [-0.4, -0.2) is 84.2 Å². The van der Waals surface area contributed by atoms with E-state index in [1.807, 2.05) is 0 Å². The molecule has 12 heteroatoms. The summed E-state index contributed by atoms with van der Waals surface area (Å²) >= 11 is 0. The van der Waals surface area contributed by atoms with Crippen LogP contribution in [0.1, 0.15) is 33.2 Å². The highest BCUT2D eigenvalue weighted by Gasteiger charge is 2.51. The van der Waals surface area contributed by atoms with Crippen molar-refractivity contribution in [1.82, 2.24) is 10.2 Å². The fourth-order valence-corrected chi connectivity index (χ4v) is 6.39. The van der Waals surface area contributed by atoms with Gasteiger partial charge < -0.3 is 44.2 Å². The number of para-hydroxylation sites is 1. The molecule has 3 aromatic carbocycles. The van der Waals surface area contributed by atoms with Crippen molar-refractivity contribution in [2.24, 2.45) is 0 Å². The predicted molar refractivity (Wildman–Crippen MR) is 168 cm³/mol. The van der Waals surface area contributed by atoms with Crippen LogP contribution in [0.2, 0.25) is 0 Å². The van der Waals surface area contributed by atoms with E-state index in [9.17, 15) is 29.3 Å². The Hall–Kier alpha value is -4.91. The zero-order chi connectivity index (χ0) is 33.2. The number of hydrogen-bond acceptors (Lipinski definition) is 9. The van der Waals surface area contributed by atoms with Crippen molar-refractivity contribution in [3.63, 3.8) is 0 Å². The maximum absolute atomic E-state index is 14.3. The maximum atomic E-state index is 14.3. The number of nitrogens with one attached hydrogen (secondary N) is 1. The van der Waals surface area contributed by atoms with Gasteiger partial charge in [0.1, 0.15) is 18.0 Å². The summed E-state index contributed by atoms with van der Waals surface area (Å²) in [6.45, 7) is -0.616. The summed E-state index contributed by atoms with van der Waals surface area (Å²) in [5.41, 5.74) is 2.23. The minimum atomic E-state index is -1.35. The number of rotatable bonds is 11. The van der Waals surface area contributed by atoms with E-state index in [4.69, 9.17) is 18.6 Å². The quantitative estimate of drug-likeness (QED) is 0.193. The highest BCUT2D eigenvalue weighted by molar-refractivity contribution is 5.99. The number of furan rings is 1. The molecule has 4 N–H and O–H groups in total. The van der Waals surface area contributed by atoms with Crippen LogP contribution < -0.4 is 19.5 Å². The van der Waals surface area contributed by atoms with Gasteiger partial charge in [-0.25, -0.2) is 4.39 Å². The average Bonchev–Trinajstić information content (AvgIpc) is 3.70. The van der Waals surface area contributed by atoms with Crippen molar-refractivity contribution in [2.45, 2.75) is 37.2 Å². The molecule has 0 spiro atoms. The van der Waals surface area contributed by atoms with Crippen molar-refractivity contribution in [1.29, 1.82) is 0 Å². The number of nitrogens with zero attached hydrogens (tertiary/aromatic N) is 1. The molecule has 11 nitrogen and oxygen atoms in total. The van der Waals surface area contributed by atoms with Crippen LogP contribution in [0.5, 0.6) is 17.2 Å². The molecule has 0 radical (unpaired) electrons. The van der Waals surface area contributed by atoms with Gasteiger partial charge in [-0.05, 0) is 60.0 Å². The first-order valence-electron chi connectivity index (χ1n) is 15.2. The van der Waals surface area contributed by atoms with Gasteiger partial charge in [0.25, 0.3) is 5.91 Å². The number of aliphatic hydroxyl groups is 3. The number of methoxy groups -OCH3 is 2. The summed E-state index contributed by atoms with van der Waals surface area (Å²) in [6, 6.07) is 15.0. The van der Waals surface area contributed by atoms with Crippen LogP contribution in [-0.2, 0) is 17.8 Å². The van der Waals surface area contributed by atoms with Gasteiger partial charge in [-0.1, -0.05) is 24.3 Å². The number of aliphatic hydroxyl groups excluding tert-OH is 3. The largest absolute Gasteiger partial charge is 0.493 e. The summed E-state index contributed by atoms with van der Waals surface area (Å²) in [5.74, 6) is -1.29. The van der Waals surface area contributed by atoms with Crippen LogP contribution in [0.4, 0.5) is 4.39 Å². The molecule has 246 valence electrons. The van der Waals surface area contributed by atoms with Crippen molar-refractivity contribution in [2.75, 3.05) is 33.9 Å². The zero-order valence-corrected chi connectivity index (χ0v) is 25.8. The second-order valence-electron chi connectivity index (χ2n) is 11.4. The van der Waals surface area contributed by atoms with Gasteiger partial charge in [0, 0.05) is 29.6 Å². The molecule has 1 aromatic heterocycles. The fraction of sp³-hybridized carbons (Fsp3) is 0.314. The van der Waals surface area contributed by atoms with E-state index in [-0.39, 0.29) is 44.1 Å². The van der Waals surface area contributed by atoms with Crippen molar-refractivity contribution in [3.05, 3.63) is 101 Å². The minimum absolute atomic E-state index is 0.0164. The SMILES string of the molecule is COc1cc(CO)cc2c1O[C@@H]1[C@@H](O)[C@H](N(CCc3cccc(F)c3)C(=O)c3cc4cccc(OC)c4o3)C=C(C(=O)NCCO)[C@H]21. The zero-order valence-electron chi connectivity index (χ0n) is 25.8. The van der Waals surface area contributed by atoms with Crippen LogP contribution in [0, 0.1) is 5.82 Å². The Kier molecular flexibility index (Phi) is 9.17. The maximum Gasteiger partial charge on any atom is 0.290 e. The van der Waals surface area contributed by atoms with E-state index in [2.05, 4.69) is 5.32 Å². The summed E-state index contributed by atoms with van der Waals surface area (Å²) in [7, 11) is 2.94. The molecule has 0 saturated heterocycles. The van der Waals surface area contributed by atoms with E-state index >= 15 is 0 Å². The van der Waals surface area contributed by atoms with Gasteiger partial charge >= 0.3 is 0 Å². The van der Waals surface area contributed by atoms with Crippen LogP contribution in [0.3, 0.4) is 0 Å². The van der Waals surface area contributed by atoms with Crippen molar-refractivity contribution in [3.8, 4) is 17.2 Å². The minimum Gasteiger partial charge on any atom is -0.493 e. The Morgan fingerprint density at radius 3 is 2.51 bits per heavy atom. The smallest absolute Gasteiger partial charge is 0.290 e. The summed E-state index contributed by atoms with van der Waals surface area (Å²) in [4.78, 5) is 29.4. The molecule has 2 heterocycles. The molecule has 0 unspecified atom stereocenters. The first-order valence-corrected chi connectivity index (χ1v) is 15.2. The van der Waals surface area contributed by atoms with Crippen LogP contribution in [0.15, 0.2) is 76.7 Å². The third-order valence-corrected chi connectivity index (χ3v) is 8.58. The molecule has 0 bridgehead atoms. The molecule has 2 amide bonds. The van der Waals surface area contributed by atoms with E-state index < -0.39 is 41.8 Å². The number of benzene rings is 3. The normalized spacial score (nSPS) is 19.7. The molecule has 4 aromatic rings. The van der Waals surface area contributed by atoms with Gasteiger partial charge in [0.15, 0.2) is 28.6 Å². The highest BCUT2D eigenvalue weighted by atomic mass is 19.1. The number of amides is 2. The third kappa shape index (κ3) is 6.02. The monoisotopic (exact) mass is 646 g/mol. The first-order chi connectivity index (χ1) is 22.8. The Balaban J connectivity index is 1.45. The lowest BCUT2D eigenvalue weighted by molar-refractivity contribution is -0.118. The number of carbonyl (C=O) groups excluding carboxylic acids is 2. The van der Waals surface area contributed by atoms with Gasteiger partial charge in [0.2, 0.25) is 5.91 Å². The molecule has 0 saturated carbocycles. The van der Waals surface area contributed by atoms with Crippen LogP contribution >= 0.6 is 0 Å². The molecule has 1 aliphatic carbocycles. The molecular weight excluding hydrogens is 611 g/mol. The predicted octanol–water partition coefficient (Wildman–Crippen LogP) is 3.09. The van der Waals surface area contributed by atoms with E-state index in [1.54, 1.807) is 48.5 Å². The Morgan fingerprint density at radius 1 is 1.00 bits per heavy atom. The van der Waals surface area contributed by atoms with E-state index in [0.717, 1.165) is 0 Å². The Bertz CT molecular complexity index is 1840. The topological polar surface area (TPSA) is 151 Å². The lowest BCUT2D eigenvalue weighted by Crippen LogP contribution is -2.56. The average molecular weight is 647 g/mol. The molecule has 0 fully saturated rings. The Labute approximate surface area is 269 Å². The Morgan fingerprint density at radius 2 is 1.79 bits per heavy atom. The van der Waals surface area contributed by atoms with Gasteiger partial charge in [0.05, 0.1) is 39.4 Å². The summed E-state index contributed by atoms with van der Waals surface area (Å²) < 4.78 is 37.3. The second-order valence-corrected chi connectivity index (χ2v) is 11.4. The lowest BCUT2D eigenvalue weighted by atomic mass is 9.77. The van der Waals surface area contributed by atoms with Crippen molar-refractivity contribution >= 4 is 22.8 Å². The van der Waals surface area contributed by atoms with E-state index in [0.29, 0.717) is 44.9 Å². The molecule has 47 heavy (non-hydrogen) atoms. The molecule has 4 atom stereocenters. The molecule has 6 rings (SSSR count). The summed E-state index contributed by atoms with van der Waals surface area (Å²) in [6.07, 6.45) is -0.627. The van der Waals surface area contributed by atoms with Crippen LogP contribution in [0.25, 0.3) is 11.0 Å². The molecule has 1 aliphatic heterocycles. The van der Waals surface area contributed by atoms with Gasteiger partial charge in [-0.15, -0.1) is 0 Å². The van der Waals surface area contributed by atoms with E-state index in [1.165, 1.54) is 37.3 Å². The number of hydrogen-bond donors (Lipinski definition) is 4. The fourth-order valence-electron chi connectivity index (χ4n) is 6.39. The van der Waals surface area contributed by atoms with Gasteiger partial charge in [-0.2, -0.15) is 0 Å². The standard InChI is InChI=1S/C35H35FN2O9/c1-44-26-8-4-6-21-16-28(46-31(21)26)35(43)38(11-9-19-5-3-7-22(36)13-19)25-17-24(34(42)37-10-12-39)29-23-14-20(18-40)15-27(45-2)32(23)47-33(29)30(25)41/h3-8,13-17,25,29-30,33,39-41H,9-12,18H2,1-2H3,(H,37,42)/t25-,29+,30+,33+/m1/s1. The lowest BCUT2D eigenvalue weighted by Gasteiger charge is -2.40. The van der Waals surface area contributed by atoms with Gasteiger partial charge in [-0.3, -0.25) is 9.59 Å². The number of fused-ring (bicyclic) bond motifs is 4. The second kappa shape index (κ2) is 13.4. The summed E-state index contributed by atoms with van der Waals surface area (Å²) in [5, 5.41) is 34.6. The molecular formula is C35H35FN2O9. The first kappa shape index (κ1) is 32.0. The molecule has 2 aliphatic rings. The number of halogens is 1.